The summed E-state index contributed by atoms with van der Waals surface area (Å²) in [5.41, 5.74) is 2.44. The van der Waals surface area contributed by atoms with Crippen LogP contribution >= 0.6 is 0 Å². The van der Waals surface area contributed by atoms with Gasteiger partial charge in [0.2, 0.25) is 5.91 Å². The van der Waals surface area contributed by atoms with Gasteiger partial charge in [0.15, 0.2) is 0 Å². The first kappa shape index (κ1) is 23.7. The fraction of sp³-hybridized carbons (Fsp3) is 0.444. The molecular weight excluding hydrogens is 398 g/mol. The van der Waals surface area contributed by atoms with E-state index in [2.05, 4.69) is 13.8 Å². The van der Waals surface area contributed by atoms with Crippen molar-refractivity contribution in [2.24, 2.45) is 0 Å². The summed E-state index contributed by atoms with van der Waals surface area (Å²) < 4.78 is 1.72. The molecule has 0 saturated heterocycles. The smallest absolute Gasteiger partial charge is 0.266 e. The second-order valence-corrected chi connectivity index (χ2v) is 8.44. The van der Waals surface area contributed by atoms with E-state index in [1.807, 2.05) is 67.3 Å². The van der Waals surface area contributed by atoms with Crippen LogP contribution in [0.25, 0.3) is 16.6 Å². The van der Waals surface area contributed by atoms with E-state index in [1.54, 1.807) is 4.57 Å². The van der Waals surface area contributed by atoms with Gasteiger partial charge in [-0.25, -0.2) is 4.98 Å². The number of amides is 1. The van der Waals surface area contributed by atoms with Gasteiger partial charge in [0.05, 0.1) is 22.6 Å². The molecule has 5 nitrogen and oxygen atoms in total. The Kier molecular flexibility index (Phi) is 8.20. The number of hydrogen-bond donors (Lipinski definition) is 0. The van der Waals surface area contributed by atoms with Crippen molar-refractivity contribution in [2.75, 3.05) is 6.54 Å². The predicted octanol–water partition coefficient (Wildman–Crippen LogP) is 5.96. The Morgan fingerprint density at radius 1 is 1.03 bits per heavy atom. The minimum atomic E-state index is -0.260. The summed E-state index contributed by atoms with van der Waals surface area (Å²) in [6.45, 7) is 8.96. The summed E-state index contributed by atoms with van der Waals surface area (Å²) in [5, 5.41) is 0.588. The average molecular weight is 434 g/mol. The van der Waals surface area contributed by atoms with Crippen molar-refractivity contribution < 1.29 is 4.79 Å². The first-order valence-corrected chi connectivity index (χ1v) is 11.9. The van der Waals surface area contributed by atoms with Crippen LogP contribution in [0, 0.1) is 6.92 Å². The van der Waals surface area contributed by atoms with Crippen LogP contribution in [-0.4, -0.2) is 26.9 Å². The Balaban J connectivity index is 2.23. The van der Waals surface area contributed by atoms with Crippen LogP contribution in [0.5, 0.6) is 0 Å². The number of fused-ring (bicyclic) bond motifs is 1. The quantitative estimate of drug-likeness (QED) is 0.370. The molecule has 0 radical (unpaired) electrons. The Hall–Kier alpha value is -2.95. The fourth-order valence-corrected chi connectivity index (χ4v) is 4.28. The summed E-state index contributed by atoms with van der Waals surface area (Å²) in [7, 11) is 0. The van der Waals surface area contributed by atoms with Gasteiger partial charge in [-0.05, 0) is 56.0 Å². The molecule has 3 aromatic rings. The lowest BCUT2D eigenvalue weighted by molar-refractivity contribution is -0.134. The predicted molar refractivity (Wildman–Crippen MR) is 131 cm³/mol. The molecule has 0 spiro atoms. The van der Waals surface area contributed by atoms with Crippen LogP contribution in [0.3, 0.4) is 0 Å². The molecule has 170 valence electrons. The van der Waals surface area contributed by atoms with Gasteiger partial charge in [-0.15, -0.1) is 0 Å². The molecular formula is C27H35N3O2. The number of carbonyl (C=O) groups excluding carboxylic acids is 1. The third-order valence-corrected chi connectivity index (χ3v) is 5.91. The second-order valence-electron chi connectivity index (χ2n) is 8.44. The van der Waals surface area contributed by atoms with Gasteiger partial charge in [0, 0.05) is 13.0 Å². The number of aryl methyl sites for hydroxylation is 1. The zero-order valence-electron chi connectivity index (χ0n) is 19.8. The number of hydrogen-bond acceptors (Lipinski definition) is 3. The summed E-state index contributed by atoms with van der Waals surface area (Å²) >= 11 is 0. The Bertz CT molecular complexity index is 1120. The third-order valence-electron chi connectivity index (χ3n) is 5.91. The lowest BCUT2D eigenvalue weighted by Gasteiger charge is -2.32. The lowest BCUT2D eigenvalue weighted by Crippen LogP contribution is -2.39. The molecule has 5 heteroatoms. The molecule has 0 fully saturated rings. The van der Waals surface area contributed by atoms with E-state index in [9.17, 15) is 9.59 Å². The van der Waals surface area contributed by atoms with Crippen molar-refractivity contribution in [1.29, 1.82) is 0 Å². The van der Waals surface area contributed by atoms with E-state index in [0.717, 1.165) is 36.9 Å². The molecule has 0 N–H and O–H groups in total. The molecule has 2 aromatic carbocycles. The highest BCUT2D eigenvalue weighted by Gasteiger charge is 2.28. The number of nitrogens with zero attached hydrogens (tertiary/aromatic N) is 3. The zero-order chi connectivity index (χ0) is 23.1. The zero-order valence-corrected chi connectivity index (χ0v) is 19.8. The molecule has 1 heterocycles. The maximum absolute atomic E-state index is 13.7. The summed E-state index contributed by atoms with van der Waals surface area (Å²) in [6.07, 6.45) is 5.11. The molecule has 0 aliphatic heterocycles. The van der Waals surface area contributed by atoms with Gasteiger partial charge in [-0.3, -0.25) is 14.2 Å². The topological polar surface area (TPSA) is 55.2 Å². The van der Waals surface area contributed by atoms with Crippen molar-refractivity contribution in [2.45, 2.75) is 72.3 Å². The van der Waals surface area contributed by atoms with Crippen molar-refractivity contribution in [1.82, 2.24) is 14.5 Å². The summed E-state index contributed by atoms with van der Waals surface area (Å²) in [5.74, 6) is 0.774. The Labute approximate surface area is 191 Å². The molecule has 1 aromatic heterocycles. The van der Waals surface area contributed by atoms with Gasteiger partial charge in [0.1, 0.15) is 5.82 Å². The molecule has 0 aliphatic carbocycles. The van der Waals surface area contributed by atoms with Crippen molar-refractivity contribution in [3.8, 4) is 5.69 Å². The fourth-order valence-electron chi connectivity index (χ4n) is 4.28. The third kappa shape index (κ3) is 5.09. The maximum atomic E-state index is 13.7. The number of benzene rings is 2. The lowest BCUT2D eigenvalue weighted by atomic mass is 10.1. The average Bonchev–Trinajstić information content (AvgIpc) is 2.79. The van der Waals surface area contributed by atoms with Crippen molar-refractivity contribution >= 4 is 16.8 Å². The standard InChI is InChI=1S/C27H35N3O2/c1-5-8-11-18-29(25(31)13-6-2)24(7-3)26-28-23-17-10-9-16-22(23)27(32)30(26)21-15-12-14-20(4)19-21/h9-10,12,14-17,19,24H,5-8,11,13,18H2,1-4H3/t24-/m1/s1. The normalized spacial score (nSPS) is 12.1. The van der Waals surface area contributed by atoms with E-state index in [0.29, 0.717) is 36.1 Å². The van der Waals surface area contributed by atoms with E-state index in [4.69, 9.17) is 4.98 Å². The van der Waals surface area contributed by atoms with Crippen molar-refractivity contribution in [3.05, 3.63) is 70.3 Å². The molecule has 0 bridgehead atoms. The first-order chi connectivity index (χ1) is 15.5. The van der Waals surface area contributed by atoms with Gasteiger partial charge in [0.25, 0.3) is 5.56 Å². The molecule has 3 rings (SSSR count). The molecule has 1 amide bonds. The van der Waals surface area contributed by atoms with E-state index < -0.39 is 0 Å². The first-order valence-electron chi connectivity index (χ1n) is 11.9. The van der Waals surface area contributed by atoms with E-state index in [-0.39, 0.29) is 17.5 Å². The Morgan fingerprint density at radius 2 is 1.81 bits per heavy atom. The van der Waals surface area contributed by atoms with Gasteiger partial charge in [-0.2, -0.15) is 0 Å². The molecule has 32 heavy (non-hydrogen) atoms. The molecule has 0 saturated carbocycles. The van der Waals surface area contributed by atoms with Crippen LogP contribution in [0.1, 0.15) is 76.7 Å². The Morgan fingerprint density at radius 3 is 2.50 bits per heavy atom. The molecule has 0 unspecified atom stereocenters. The van der Waals surface area contributed by atoms with Crippen LogP contribution in [-0.2, 0) is 4.79 Å². The second kappa shape index (κ2) is 11.1. The summed E-state index contributed by atoms with van der Waals surface area (Å²) in [6, 6.07) is 15.1. The molecule has 0 aliphatic rings. The van der Waals surface area contributed by atoms with E-state index >= 15 is 0 Å². The van der Waals surface area contributed by atoms with Gasteiger partial charge in [-0.1, -0.05) is 57.9 Å². The molecule has 1 atom stereocenters. The number of para-hydroxylation sites is 1. The highest BCUT2D eigenvalue weighted by atomic mass is 16.2. The van der Waals surface area contributed by atoms with Crippen LogP contribution in [0.2, 0.25) is 0 Å². The largest absolute Gasteiger partial charge is 0.333 e. The van der Waals surface area contributed by atoms with Crippen molar-refractivity contribution in [3.63, 3.8) is 0 Å². The SMILES string of the molecule is CCCCCN(C(=O)CCC)[C@H](CC)c1nc2ccccc2c(=O)n1-c1cccc(C)c1. The van der Waals surface area contributed by atoms with E-state index in [1.165, 1.54) is 0 Å². The number of rotatable bonds is 10. The van der Waals surface area contributed by atoms with Crippen LogP contribution in [0.4, 0.5) is 0 Å². The summed E-state index contributed by atoms with van der Waals surface area (Å²) in [4.78, 5) is 33.8. The maximum Gasteiger partial charge on any atom is 0.266 e. The van der Waals surface area contributed by atoms with Crippen LogP contribution in [0.15, 0.2) is 53.3 Å². The highest BCUT2D eigenvalue weighted by molar-refractivity contribution is 5.79. The number of carbonyl (C=O) groups is 1. The number of unbranched alkanes of at least 4 members (excludes halogenated alkanes) is 2. The van der Waals surface area contributed by atoms with Gasteiger partial charge < -0.3 is 4.90 Å². The van der Waals surface area contributed by atoms with Crippen LogP contribution < -0.4 is 5.56 Å². The minimum absolute atomic E-state index is 0.0916. The highest BCUT2D eigenvalue weighted by Crippen LogP contribution is 2.27. The minimum Gasteiger partial charge on any atom is -0.333 e. The number of aromatic nitrogens is 2. The van der Waals surface area contributed by atoms with Gasteiger partial charge >= 0.3 is 0 Å². The monoisotopic (exact) mass is 433 g/mol.